The van der Waals surface area contributed by atoms with Gasteiger partial charge in [0.05, 0.1) is 19.0 Å². The molecule has 0 saturated carbocycles. The van der Waals surface area contributed by atoms with Gasteiger partial charge in [-0.05, 0) is 31.2 Å². The third-order valence-corrected chi connectivity index (χ3v) is 8.83. The number of hydrogen-bond donors (Lipinski definition) is 13. The molecule has 15 N–H and O–H groups in total. The Kier molecular flexibility index (Phi) is 20.0. The number of aliphatic hydroxyl groups is 1. The monoisotopic (exact) mass is 818 g/mol. The number of nitrogens with two attached hydrogens (primary N) is 3. The van der Waals surface area contributed by atoms with E-state index in [1.54, 1.807) is 44.2 Å². The number of aliphatic carboxylic acids is 1. The van der Waals surface area contributed by atoms with Gasteiger partial charge in [-0.2, -0.15) is 12.6 Å². The van der Waals surface area contributed by atoms with Gasteiger partial charge in [0.1, 0.15) is 36.3 Å². The summed E-state index contributed by atoms with van der Waals surface area (Å²) < 4.78 is 0. The number of amides is 6. The summed E-state index contributed by atoms with van der Waals surface area (Å²) in [6.07, 6.45) is 2.81. The van der Waals surface area contributed by atoms with E-state index in [1.807, 2.05) is 0 Å². The van der Waals surface area contributed by atoms with Crippen LogP contribution in [0.5, 0.6) is 0 Å². The summed E-state index contributed by atoms with van der Waals surface area (Å²) in [5, 5.41) is 33.9. The molecule has 0 aliphatic carbocycles. The van der Waals surface area contributed by atoms with Crippen molar-refractivity contribution in [1.29, 1.82) is 0 Å². The lowest BCUT2D eigenvalue weighted by atomic mass is 10.0. The molecule has 1 heterocycles. The van der Waals surface area contributed by atoms with Gasteiger partial charge < -0.3 is 64.3 Å². The molecule has 0 radical (unpaired) electrons. The van der Waals surface area contributed by atoms with Crippen LogP contribution in [0.2, 0.25) is 0 Å². The number of carbonyl (C=O) groups is 7. The maximum absolute atomic E-state index is 13.8. The Morgan fingerprint density at radius 2 is 1.37 bits per heavy atom. The normalized spacial score (nSPS) is 14.6. The van der Waals surface area contributed by atoms with Crippen LogP contribution in [0.3, 0.4) is 0 Å². The van der Waals surface area contributed by atoms with E-state index in [9.17, 15) is 43.8 Å². The number of carboxylic acid groups (broad SMARTS) is 1. The van der Waals surface area contributed by atoms with E-state index < -0.39 is 96.2 Å². The summed E-state index contributed by atoms with van der Waals surface area (Å²) in [7, 11) is 0. The number of aromatic amines is 1. The Morgan fingerprint density at radius 1 is 0.789 bits per heavy atom. The molecule has 1 aromatic carbocycles. The highest BCUT2D eigenvalue weighted by Crippen LogP contribution is 2.09. The minimum atomic E-state index is -1.66. The molecule has 0 fully saturated rings. The number of carboxylic acids is 1. The van der Waals surface area contributed by atoms with Crippen LogP contribution in [-0.4, -0.2) is 129 Å². The van der Waals surface area contributed by atoms with Crippen molar-refractivity contribution in [3.05, 3.63) is 54.1 Å². The number of aromatic nitrogens is 2. The third-order valence-electron chi connectivity index (χ3n) is 8.44. The van der Waals surface area contributed by atoms with Crippen molar-refractivity contribution in [3.8, 4) is 0 Å². The van der Waals surface area contributed by atoms with Crippen LogP contribution in [0.1, 0.15) is 44.9 Å². The molecule has 0 spiro atoms. The Hall–Kier alpha value is -5.74. The lowest BCUT2D eigenvalue weighted by Gasteiger charge is -2.27. The molecule has 22 heteroatoms. The largest absolute Gasteiger partial charge is 0.480 e. The van der Waals surface area contributed by atoms with Crippen LogP contribution < -0.4 is 49.1 Å². The highest BCUT2D eigenvalue weighted by Gasteiger charge is 2.33. The Bertz CT molecular complexity index is 1680. The van der Waals surface area contributed by atoms with E-state index >= 15 is 0 Å². The smallest absolute Gasteiger partial charge is 0.328 e. The number of imidazole rings is 1. The second-order valence-corrected chi connectivity index (χ2v) is 13.8. The number of aliphatic imine (C=N–C) groups is 1. The number of aliphatic hydroxyl groups excluding tert-OH is 1. The first kappa shape index (κ1) is 47.4. The predicted molar refractivity (Wildman–Crippen MR) is 211 cm³/mol. The number of rotatable bonds is 24. The van der Waals surface area contributed by atoms with E-state index in [-0.39, 0.29) is 43.9 Å². The number of carbonyl (C=O) groups excluding carboxylic acids is 6. The van der Waals surface area contributed by atoms with E-state index in [0.29, 0.717) is 11.3 Å². The first-order valence-corrected chi connectivity index (χ1v) is 18.7. The molecule has 57 heavy (non-hydrogen) atoms. The fourth-order valence-corrected chi connectivity index (χ4v) is 5.37. The number of H-pyrrole nitrogens is 1. The lowest BCUT2D eigenvalue weighted by molar-refractivity contribution is -0.143. The van der Waals surface area contributed by atoms with Crippen molar-refractivity contribution >= 4 is 60.0 Å². The molecular formula is C35H54N12O9S. The van der Waals surface area contributed by atoms with Crippen LogP contribution in [0.25, 0.3) is 0 Å². The zero-order valence-corrected chi connectivity index (χ0v) is 32.8. The number of nitrogens with one attached hydrogen (secondary N) is 7. The van der Waals surface area contributed by atoms with Gasteiger partial charge in [-0.15, -0.1) is 0 Å². The maximum atomic E-state index is 13.8. The highest BCUT2D eigenvalue weighted by atomic mass is 32.1. The van der Waals surface area contributed by atoms with Crippen LogP contribution in [0, 0.1) is 5.92 Å². The number of nitrogens with zero attached hydrogens (tertiary/aromatic N) is 2. The molecule has 2 aromatic rings. The zero-order valence-electron chi connectivity index (χ0n) is 31.9. The highest BCUT2D eigenvalue weighted by molar-refractivity contribution is 7.80. The van der Waals surface area contributed by atoms with Crippen LogP contribution in [0.15, 0.2) is 47.8 Å². The minimum absolute atomic E-state index is 0.0331. The summed E-state index contributed by atoms with van der Waals surface area (Å²) >= 11 is 4.02. The molecule has 314 valence electrons. The topological polar surface area (TPSA) is 351 Å². The van der Waals surface area contributed by atoms with Gasteiger partial charge in [0, 0.05) is 37.0 Å². The molecule has 7 atom stereocenters. The first-order valence-electron chi connectivity index (χ1n) is 18.1. The van der Waals surface area contributed by atoms with Crippen LogP contribution in [0.4, 0.5) is 0 Å². The molecule has 6 amide bonds. The first-order chi connectivity index (χ1) is 27.0. The second kappa shape index (κ2) is 24.0. The van der Waals surface area contributed by atoms with Gasteiger partial charge in [-0.3, -0.25) is 33.8 Å². The van der Waals surface area contributed by atoms with Gasteiger partial charge in [0.25, 0.3) is 0 Å². The van der Waals surface area contributed by atoms with E-state index in [1.165, 1.54) is 19.4 Å². The molecule has 21 nitrogen and oxygen atoms in total. The summed E-state index contributed by atoms with van der Waals surface area (Å²) in [4.78, 5) is 102. The molecule has 0 unspecified atom stereocenters. The maximum Gasteiger partial charge on any atom is 0.328 e. The van der Waals surface area contributed by atoms with Crippen molar-refractivity contribution < 1.29 is 43.8 Å². The van der Waals surface area contributed by atoms with E-state index in [2.05, 4.69) is 59.5 Å². The van der Waals surface area contributed by atoms with Crippen LogP contribution >= 0.6 is 12.6 Å². The van der Waals surface area contributed by atoms with Crippen molar-refractivity contribution in [2.24, 2.45) is 28.1 Å². The van der Waals surface area contributed by atoms with Crippen molar-refractivity contribution in [3.63, 3.8) is 0 Å². The van der Waals surface area contributed by atoms with Gasteiger partial charge in [-0.1, -0.05) is 44.2 Å². The second-order valence-electron chi connectivity index (χ2n) is 13.4. The fraction of sp³-hybridized carbons (Fsp3) is 0.514. The molecule has 1 aromatic heterocycles. The number of thiol groups is 1. The molecule has 2 rings (SSSR count). The summed E-state index contributed by atoms with van der Waals surface area (Å²) in [5.41, 5.74) is 17.6. The average Bonchev–Trinajstić information content (AvgIpc) is 3.69. The Labute approximate surface area is 334 Å². The molecule has 0 aliphatic heterocycles. The molecular weight excluding hydrogens is 765 g/mol. The molecule has 0 aliphatic rings. The van der Waals surface area contributed by atoms with Crippen molar-refractivity contribution in [1.82, 2.24) is 41.9 Å². The van der Waals surface area contributed by atoms with Gasteiger partial charge in [-0.25, -0.2) is 9.78 Å². The third kappa shape index (κ3) is 16.5. The standard InChI is InChI=1S/C35H54N12O9S/c1-18(2)27(47-29(50)22(36)16-57)33(54)45-25(13-21-14-39-17-41-21)31(52)42-19(3)28(49)44-24(12-20-8-5-4-6-9-20)32(53)43-23(10-7-11-40-35(37)38)30(51)46-26(15-48)34(55)56/h4-6,8-9,14,17-19,22-27,48,57H,7,10-13,15-16,36H2,1-3H3,(H,39,41)(H,42,52)(H,43,53)(H,44,49)(H,45,54)(H,46,51)(H,47,50)(H,55,56)(H4,37,38,40)/t19-,22-,23-,24-,25-,26-,27-/m0/s1. The number of hydrogen-bond acceptors (Lipinski definition) is 12. The zero-order chi connectivity index (χ0) is 42.7. The van der Waals surface area contributed by atoms with Crippen LogP contribution in [-0.2, 0) is 46.4 Å². The van der Waals surface area contributed by atoms with Gasteiger partial charge in [0.15, 0.2) is 5.96 Å². The van der Waals surface area contributed by atoms with E-state index in [4.69, 9.17) is 17.2 Å². The Balaban J connectivity index is 2.31. The van der Waals surface area contributed by atoms with Crippen molar-refractivity contribution in [2.75, 3.05) is 18.9 Å². The molecule has 0 saturated heterocycles. The average molecular weight is 819 g/mol. The SMILES string of the molecule is CC(C)[C@H](NC(=O)[C@@H](N)CS)C(=O)N[C@@H](Cc1cnc[nH]1)C(=O)N[C@@H](C)C(=O)N[C@@H](Cc1ccccc1)C(=O)N[C@@H](CCCN=C(N)N)C(=O)N[C@@H](CO)C(=O)O. The Morgan fingerprint density at radius 3 is 1.93 bits per heavy atom. The fourth-order valence-electron chi connectivity index (χ4n) is 5.20. The quantitative estimate of drug-likeness (QED) is 0.0209. The minimum Gasteiger partial charge on any atom is -0.480 e. The lowest BCUT2D eigenvalue weighted by Crippen LogP contribution is -2.60. The summed E-state index contributed by atoms with van der Waals surface area (Å²) in [6.45, 7) is 3.90. The van der Waals surface area contributed by atoms with E-state index in [0.717, 1.165) is 0 Å². The number of benzene rings is 1. The van der Waals surface area contributed by atoms with Gasteiger partial charge >= 0.3 is 5.97 Å². The van der Waals surface area contributed by atoms with Gasteiger partial charge in [0.2, 0.25) is 35.4 Å². The van der Waals surface area contributed by atoms with Crippen molar-refractivity contribution in [2.45, 2.75) is 88.7 Å². The molecule has 0 bridgehead atoms. The summed E-state index contributed by atoms with van der Waals surface area (Å²) in [5.74, 6) is -6.72. The summed E-state index contributed by atoms with van der Waals surface area (Å²) in [6, 6.07) is -0.324. The number of guanidine groups is 1. The predicted octanol–water partition coefficient (Wildman–Crippen LogP) is -3.83.